The number of aromatic nitrogens is 12. The fourth-order valence-electron chi connectivity index (χ4n) is 11.3. The number of aromatic amines is 2. The second kappa shape index (κ2) is 36.1. The molecule has 11 heterocycles. The molecule has 5 aliphatic rings. The van der Waals surface area contributed by atoms with Gasteiger partial charge < -0.3 is 102 Å². The second-order valence-electron chi connectivity index (χ2n) is 22.5. The highest BCUT2D eigenvalue weighted by Gasteiger charge is 2.52. The van der Waals surface area contributed by atoms with Crippen LogP contribution in [0.1, 0.15) is 38.1 Å². The van der Waals surface area contributed by atoms with Gasteiger partial charge in [-0.1, -0.05) is 0 Å². The smallest absolute Gasteiger partial charge is 0.351 e. The van der Waals surface area contributed by atoms with Crippen molar-refractivity contribution in [3.05, 3.63) is 118 Å². The van der Waals surface area contributed by atoms with Crippen molar-refractivity contribution in [3.63, 3.8) is 0 Å². The molecule has 0 unspecified atom stereocenters. The molecule has 20 atom stereocenters. The van der Waals surface area contributed by atoms with Gasteiger partial charge in [0.1, 0.15) is 46.6 Å². The molecule has 101 heavy (non-hydrogen) atoms. The number of nitrogens with two attached hydrogens (primary N) is 3. The normalized spacial score (nSPS) is 29.7. The first kappa shape index (κ1) is 80.1. The van der Waals surface area contributed by atoms with Crippen LogP contribution in [0.5, 0.6) is 0 Å². The fraction of sp³-hybridized carbons (Fsp3) is 0.600. The van der Waals surface area contributed by atoms with E-state index in [1.54, 1.807) is 0 Å². The third-order valence-electron chi connectivity index (χ3n) is 16.3. The van der Waals surface area contributed by atoms with Gasteiger partial charge in [0.2, 0.25) is 18.8 Å². The molecule has 0 aliphatic carbocycles. The first-order valence-corrected chi connectivity index (χ1v) is 31.1. The number of thioether (sulfide) groups is 1. The monoisotopic (exact) mass is 1470 g/mol. The van der Waals surface area contributed by atoms with Gasteiger partial charge in [0.25, 0.3) is 11.1 Å². The van der Waals surface area contributed by atoms with Crippen molar-refractivity contribution in [1.82, 2.24) is 57.7 Å². The molecule has 19 N–H and O–H groups in total. The quantitative estimate of drug-likeness (QED) is 0.0155. The van der Waals surface area contributed by atoms with Gasteiger partial charge in [0.05, 0.1) is 114 Å². The second-order valence-corrected chi connectivity index (χ2v) is 23.6. The van der Waals surface area contributed by atoms with Crippen molar-refractivity contribution in [1.29, 1.82) is 0 Å². The Hall–Kier alpha value is -8.17. The number of nitrogen functional groups attached to an aromatic ring is 3. The predicted molar refractivity (Wildman–Crippen MR) is 329 cm³/mol. The van der Waals surface area contributed by atoms with Crippen molar-refractivity contribution < 1.29 is 116 Å². The average Bonchev–Trinajstić information content (AvgIpc) is 1.76. The van der Waals surface area contributed by atoms with Gasteiger partial charge in [-0.05, 0) is 12.1 Å². The zero-order valence-electron chi connectivity index (χ0n) is 52.6. The number of nitrogens with zero attached hydrogens (tertiary/aromatic N) is 10. The topological polar surface area (TPSA) is 596 Å². The van der Waals surface area contributed by atoms with Gasteiger partial charge in [-0.25, -0.2) is 46.7 Å². The van der Waals surface area contributed by atoms with Gasteiger partial charge in [0.15, 0.2) is 42.9 Å². The molecule has 0 radical (unpaired) electrons. The van der Waals surface area contributed by atoms with Gasteiger partial charge in [0, 0.05) is 61.4 Å². The number of H-pyrrole nitrogens is 2. The summed E-state index contributed by atoms with van der Waals surface area (Å²) in [5, 5.41) is 104. The molecule has 5 saturated heterocycles. The Balaban J connectivity index is 0.000000178. The molecule has 0 spiro atoms. The van der Waals surface area contributed by atoms with E-state index in [0.717, 1.165) is 49.7 Å². The molecule has 0 bridgehead atoms. The van der Waals surface area contributed by atoms with E-state index < -0.39 is 214 Å². The molecule has 5 aliphatic heterocycles. The SMILES string of the molecule is CC(=O)O[C@@H]1[C@H](CF)[C@@H](CO)O[C@H]1n1ccc(=O)[nH]c1=O.Nc1ccn([C@@H]2O[C@H](CO)[C@@H](C(F)F)[C@H]2O)c(=O)n1.Nc1ccn([C@@H]2O[C@H](CO)[C@@H](CF)[C@H]2O)c(=O)n1.Nc1nc(SCCO)c2ncn([C@@H]3O[C@H](CO)[C@@H](CO)[C@H]3O)c2n1.O=c1ccn([C@@H]2O[C@H](CO)[C@@H](C(F)F)[C@H]2O)c(=O)[nH]1. The minimum absolute atomic E-state index is 0.0163. The molecule has 6 aromatic rings. The number of fused-ring (bicyclic) bond motifs is 1. The van der Waals surface area contributed by atoms with Crippen molar-refractivity contribution in [2.45, 2.75) is 117 Å². The summed E-state index contributed by atoms with van der Waals surface area (Å²) in [5.74, 6) is -5.74. The number of hydrogen-bond acceptors (Lipinski definition) is 33. The Labute approximate surface area is 565 Å². The highest BCUT2D eigenvalue weighted by molar-refractivity contribution is 7.99. The first-order valence-electron chi connectivity index (χ1n) is 30.1. The number of alkyl halides is 6. The molecule has 46 heteroatoms. The van der Waals surface area contributed by atoms with Crippen LogP contribution in [-0.2, 0) is 33.2 Å². The number of carbonyl (C=O) groups excluding carboxylic acids is 1. The summed E-state index contributed by atoms with van der Waals surface area (Å²) in [6, 6.07) is 4.74. The van der Waals surface area contributed by atoms with Crippen LogP contribution >= 0.6 is 11.8 Å². The number of imidazole rings is 1. The van der Waals surface area contributed by atoms with Crippen molar-refractivity contribution >= 4 is 46.5 Å². The fourth-order valence-corrected chi connectivity index (χ4v) is 12.0. The molecular formula is C55H73F6N15O24S. The zero-order valence-corrected chi connectivity index (χ0v) is 53.4. The van der Waals surface area contributed by atoms with Crippen LogP contribution in [0.25, 0.3) is 11.2 Å². The summed E-state index contributed by atoms with van der Waals surface area (Å²) in [5.41, 5.74) is 12.8. The van der Waals surface area contributed by atoms with E-state index in [1.807, 2.05) is 9.97 Å². The van der Waals surface area contributed by atoms with Crippen LogP contribution < -0.4 is 51.1 Å². The van der Waals surface area contributed by atoms with Crippen molar-refractivity contribution in [3.8, 4) is 0 Å². The first-order chi connectivity index (χ1) is 48.1. The average molecular weight is 1470 g/mol. The minimum Gasteiger partial charge on any atom is -0.457 e. The van der Waals surface area contributed by atoms with E-state index in [0.29, 0.717) is 21.9 Å². The summed E-state index contributed by atoms with van der Waals surface area (Å²) in [4.78, 5) is 103. The maximum absolute atomic E-state index is 13.2. The number of aliphatic hydroxyl groups excluding tert-OH is 11. The Morgan fingerprint density at radius 1 is 0.545 bits per heavy atom. The summed E-state index contributed by atoms with van der Waals surface area (Å²) < 4.78 is 114. The Kier molecular flexibility index (Phi) is 28.7. The van der Waals surface area contributed by atoms with Crippen LogP contribution in [0.2, 0.25) is 0 Å². The number of carbonyl (C=O) groups is 1. The lowest BCUT2D eigenvalue weighted by Crippen LogP contribution is -2.38. The summed E-state index contributed by atoms with van der Waals surface area (Å²) in [7, 11) is 0. The van der Waals surface area contributed by atoms with E-state index in [-0.39, 0.29) is 37.4 Å². The van der Waals surface area contributed by atoms with Crippen LogP contribution in [0.4, 0.5) is 43.9 Å². The summed E-state index contributed by atoms with van der Waals surface area (Å²) in [6.45, 7) is -3.55. The molecule has 0 saturated carbocycles. The van der Waals surface area contributed by atoms with Crippen LogP contribution in [0.15, 0.2) is 89.2 Å². The number of halogens is 6. The van der Waals surface area contributed by atoms with E-state index in [9.17, 15) is 95.6 Å². The van der Waals surface area contributed by atoms with Gasteiger partial charge in [-0.3, -0.25) is 56.0 Å². The van der Waals surface area contributed by atoms with Crippen LogP contribution in [0.3, 0.4) is 0 Å². The zero-order chi connectivity index (χ0) is 74.4. The van der Waals surface area contributed by atoms with Gasteiger partial charge in [-0.2, -0.15) is 15.0 Å². The molecule has 6 aromatic heterocycles. The van der Waals surface area contributed by atoms with Gasteiger partial charge in [-0.15, -0.1) is 11.8 Å². The summed E-state index contributed by atoms with van der Waals surface area (Å²) >= 11 is 1.29. The van der Waals surface area contributed by atoms with E-state index in [4.69, 9.17) is 66.0 Å². The number of esters is 1. The Morgan fingerprint density at radius 3 is 1.35 bits per heavy atom. The van der Waals surface area contributed by atoms with Crippen LogP contribution in [0, 0.1) is 29.6 Å². The van der Waals surface area contributed by atoms with Crippen molar-refractivity contribution in [2.24, 2.45) is 29.6 Å². The standard InChI is InChI=1S/C13H19N5O5S.C12H15FN2O6.C10H13F2N3O4.C10H12F2N2O5.C10H14FN3O4/c14-13-16-10-8(11(17-13)24-2-1-19)15-5-18(10)12-9(22)6(3-20)7(4-21)23-12;1-6(17)20-10-7(4-13)8(5-16)21-11(10)15-3-2-9(18)14-12(15)19;11-8(12)6-4(3-16)19-9(7(6)17)15-2-1-5(13)14-10(15)18;11-8(12)6-4(3-15)19-9(7(6)17)14-2-1-5(16)13-10(14)18;11-3-5-6(4-15)18-9(8(5)16)14-2-1-7(12)13-10(14)17/h5-7,9,12,19-22H,1-4H2,(H2,14,16,17);2-3,7-8,10-11,16H,4-5H2,1H3,(H,14,18,19);1-2,4,6-9,16-17H,3H2,(H2,13,14,18);1-2,4,6-9,15,17H,3H2,(H,13,16,18);1-2,5-6,8-9,15-16H,3-4H2,(H2,12,13,17)/t6-,7-,9-,12-;7-,8-,10-,11-;2*4-,6-,7-,9-;5-,6-,8-,9-/m11111/s1. The number of ether oxygens (including phenoxy) is 6. The van der Waals surface area contributed by atoms with Crippen LogP contribution in [-0.4, -0.2) is 259 Å². The third kappa shape index (κ3) is 18.4. The Morgan fingerprint density at radius 2 is 0.950 bits per heavy atom. The minimum atomic E-state index is -2.91. The molecule has 0 amide bonds. The number of hydrogen-bond donors (Lipinski definition) is 16. The van der Waals surface area contributed by atoms with E-state index in [2.05, 4.69) is 24.9 Å². The van der Waals surface area contributed by atoms with Gasteiger partial charge >= 0.3 is 28.7 Å². The number of anilines is 3. The van der Waals surface area contributed by atoms with E-state index in [1.165, 1.54) is 47.2 Å². The maximum Gasteiger partial charge on any atom is 0.351 e. The number of aliphatic hydroxyl groups is 11. The highest BCUT2D eigenvalue weighted by Crippen LogP contribution is 2.41. The number of rotatable bonds is 19. The van der Waals surface area contributed by atoms with Crippen molar-refractivity contribution in [2.75, 3.05) is 82.6 Å². The molecule has 5 fully saturated rings. The third-order valence-corrected chi connectivity index (χ3v) is 17.2. The molecule has 560 valence electrons. The predicted octanol–water partition coefficient (Wildman–Crippen LogP) is -6.42. The molecule has 39 nitrogen and oxygen atoms in total. The lowest BCUT2D eigenvalue weighted by Gasteiger charge is -2.22. The largest absolute Gasteiger partial charge is 0.457 e. The molecule has 0 aromatic carbocycles. The lowest BCUT2D eigenvalue weighted by atomic mass is 9.99. The maximum atomic E-state index is 13.2. The summed E-state index contributed by atoms with van der Waals surface area (Å²) in [6.07, 6.45) is -17.0. The molecular weight excluding hydrogens is 1400 g/mol. The molecule has 11 rings (SSSR count). The Bertz CT molecular complexity index is 4070. The van der Waals surface area contributed by atoms with E-state index >= 15 is 0 Å². The lowest BCUT2D eigenvalue weighted by molar-refractivity contribution is -0.154. The highest BCUT2D eigenvalue weighted by atomic mass is 32.2. The number of nitrogens with one attached hydrogen (secondary N) is 2.